The number of thiazole rings is 1. The van der Waals surface area contributed by atoms with Gasteiger partial charge in [-0.2, -0.15) is 0 Å². The summed E-state index contributed by atoms with van der Waals surface area (Å²) in [6, 6.07) is 10.1. The maximum Gasteiger partial charge on any atom is 0.338 e. The molecule has 0 aliphatic carbocycles. The SMILES string of the molecule is CCOC(=O)C1=C(C)N=c2s/c(=C\c3cc(Br)cc(I)c3O)c(=O)n2[C@H]1c1ccccc1OC(C)C. The lowest BCUT2D eigenvalue weighted by atomic mass is 9.95. The van der Waals surface area contributed by atoms with Gasteiger partial charge in [-0.3, -0.25) is 9.36 Å². The summed E-state index contributed by atoms with van der Waals surface area (Å²) in [4.78, 5) is 32.0. The smallest absolute Gasteiger partial charge is 0.338 e. The number of hydrogen-bond donors (Lipinski definition) is 1. The fraction of sp³-hybridized carbons (Fsp3) is 0.269. The van der Waals surface area contributed by atoms with Gasteiger partial charge >= 0.3 is 5.97 Å². The molecule has 0 fully saturated rings. The lowest BCUT2D eigenvalue weighted by Crippen LogP contribution is -2.40. The van der Waals surface area contributed by atoms with E-state index >= 15 is 0 Å². The van der Waals surface area contributed by atoms with E-state index in [1.807, 2.05) is 60.7 Å². The van der Waals surface area contributed by atoms with E-state index in [-0.39, 0.29) is 29.6 Å². The van der Waals surface area contributed by atoms with Crippen molar-refractivity contribution in [1.82, 2.24) is 4.57 Å². The zero-order valence-electron chi connectivity index (χ0n) is 20.0. The van der Waals surface area contributed by atoms with Gasteiger partial charge in [-0.25, -0.2) is 9.79 Å². The molecule has 1 N–H and O–H groups in total. The molecule has 0 radical (unpaired) electrons. The molecule has 1 aliphatic rings. The predicted octanol–water partition coefficient (Wildman–Crippen LogP) is 4.66. The van der Waals surface area contributed by atoms with Crippen LogP contribution in [0.1, 0.15) is 44.9 Å². The van der Waals surface area contributed by atoms with E-state index in [2.05, 4.69) is 20.9 Å². The number of aromatic hydroxyl groups is 1. The highest BCUT2D eigenvalue weighted by atomic mass is 127. The Bertz CT molecular complexity index is 1560. The van der Waals surface area contributed by atoms with Gasteiger partial charge in [0.15, 0.2) is 4.80 Å². The number of aromatic nitrogens is 1. The fourth-order valence-corrected chi connectivity index (χ4v) is 6.58. The number of allylic oxidation sites excluding steroid dienone is 1. The zero-order chi connectivity index (χ0) is 26.1. The van der Waals surface area contributed by atoms with Crippen LogP contribution < -0.4 is 19.6 Å². The van der Waals surface area contributed by atoms with Gasteiger partial charge in [0.25, 0.3) is 5.56 Å². The van der Waals surface area contributed by atoms with Crippen LogP contribution in [0.4, 0.5) is 0 Å². The molecule has 4 rings (SSSR count). The maximum atomic E-state index is 13.8. The number of hydrogen-bond acceptors (Lipinski definition) is 7. The molecule has 3 aromatic rings. The van der Waals surface area contributed by atoms with Crippen LogP contribution >= 0.6 is 49.9 Å². The minimum atomic E-state index is -0.784. The fourth-order valence-electron chi connectivity index (χ4n) is 3.99. The average Bonchev–Trinajstić information content (AvgIpc) is 3.11. The van der Waals surface area contributed by atoms with Crippen LogP contribution in [-0.4, -0.2) is 28.4 Å². The third-order valence-electron chi connectivity index (χ3n) is 5.44. The van der Waals surface area contributed by atoms with Crippen LogP contribution in [0.5, 0.6) is 11.5 Å². The Morgan fingerprint density at radius 1 is 1.33 bits per heavy atom. The van der Waals surface area contributed by atoms with Crippen LogP contribution in [0.3, 0.4) is 0 Å². The second-order valence-electron chi connectivity index (χ2n) is 8.33. The van der Waals surface area contributed by atoms with E-state index in [1.165, 1.54) is 15.9 Å². The molecule has 188 valence electrons. The molecule has 1 atom stereocenters. The largest absolute Gasteiger partial charge is 0.506 e. The standard InChI is InChI=1S/C26H24BrIN2O5S/c1-5-34-25(33)21-14(4)29-26-30(22(21)17-8-6-7-9-19(17)35-13(2)3)24(32)20(36-26)11-15-10-16(27)12-18(28)23(15)31/h6-13,22,31H,5H2,1-4H3/b20-11-/t22-/m0/s1. The number of carbonyl (C=O) groups is 1. The molecular formula is C26H24BrIN2O5S. The molecule has 0 saturated heterocycles. The van der Waals surface area contributed by atoms with Crippen molar-refractivity contribution in [3.05, 3.63) is 86.5 Å². The van der Waals surface area contributed by atoms with Crippen molar-refractivity contribution in [3.8, 4) is 11.5 Å². The van der Waals surface area contributed by atoms with E-state index in [1.54, 1.807) is 32.1 Å². The quantitative estimate of drug-likeness (QED) is 0.302. The summed E-state index contributed by atoms with van der Waals surface area (Å²) in [5.74, 6) is 0.125. The molecule has 7 nitrogen and oxygen atoms in total. The first kappa shape index (κ1) is 26.6. The van der Waals surface area contributed by atoms with Crippen LogP contribution in [0.2, 0.25) is 0 Å². The zero-order valence-corrected chi connectivity index (χ0v) is 24.6. The number of rotatable bonds is 6. The van der Waals surface area contributed by atoms with Crippen molar-refractivity contribution in [1.29, 1.82) is 0 Å². The molecule has 10 heteroatoms. The van der Waals surface area contributed by atoms with Crippen LogP contribution in [-0.2, 0) is 9.53 Å². The van der Waals surface area contributed by atoms with Crippen LogP contribution in [0.25, 0.3) is 6.08 Å². The number of phenolic OH excluding ortho intramolecular Hbond substituents is 1. The van der Waals surface area contributed by atoms with E-state index < -0.39 is 12.0 Å². The van der Waals surface area contributed by atoms with Crippen molar-refractivity contribution >= 4 is 61.9 Å². The first-order valence-electron chi connectivity index (χ1n) is 11.3. The Kier molecular flexibility index (Phi) is 8.06. The highest BCUT2D eigenvalue weighted by molar-refractivity contribution is 14.1. The highest BCUT2D eigenvalue weighted by Crippen LogP contribution is 2.36. The Morgan fingerprint density at radius 3 is 2.75 bits per heavy atom. The number of ether oxygens (including phenoxy) is 2. The number of esters is 1. The van der Waals surface area contributed by atoms with Gasteiger partial charge in [0.05, 0.1) is 32.1 Å². The molecule has 0 spiro atoms. The van der Waals surface area contributed by atoms with Gasteiger partial charge in [0.2, 0.25) is 0 Å². The predicted molar refractivity (Wildman–Crippen MR) is 151 cm³/mol. The number of fused-ring (bicyclic) bond motifs is 1. The van der Waals surface area contributed by atoms with Gasteiger partial charge in [-0.15, -0.1) is 0 Å². The average molecular weight is 683 g/mol. The second-order valence-corrected chi connectivity index (χ2v) is 11.4. The molecule has 36 heavy (non-hydrogen) atoms. The summed E-state index contributed by atoms with van der Waals surface area (Å²) < 4.78 is 14.7. The summed E-state index contributed by atoms with van der Waals surface area (Å²) in [7, 11) is 0. The highest BCUT2D eigenvalue weighted by Gasteiger charge is 2.35. The van der Waals surface area contributed by atoms with E-state index in [9.17, 15) is 14.7 Å². The van der Waals surface area contributed by atoms with Crippen molar-refractivity contribution in [3.63, 3.8) is 0 Å². The van der Waals surface area contributed by atoms with Crippen LogP contribution in [0, 0.1) is 3.57 Å². The molecule has 0 bridgehead atoms. The Balaban J connectivity index is 2.01. The van der Waals surface area contributed by atoms with Crippen molar-refractivity contribution in [2.75, 3.05) is 6.61 Å². The van der Waals surface area contributed by atoms with Gasteiger partial charge < -0.3 is 14.6 Å². The third-order valence-corrected chi connectivity index (χ3v) is 7.70. The number of halogens is 2. The lowest BCUT2D eigenvalue weighted by Gasteiger charge is -2.26. The summed E-state index contributed by atoms with van der Waals surface area (Å²) >= 11 is 6.68. The number of para-hydroxylation sites is 1. The molecule has 2 heterocycles. The molecule has 1 aromatic heterocycles. The topological polar surface area (TPSA) is 90.1 Å². The van der Waals surface area contributed by atoms with Gasteiger partial charge in [-0.1, -0.05) is 45.5 Å². The minimum absolute atomic E-state index is 0.0836. The molecule has 0 saturated carbocycles. The number of benzene rings is 2. The van der Waals surface area contributed by atoms with E-state index in [4.69, 9.17) is 9.47 Å². The first-order chi connectivity index (χ1) is 17.1. The number of carbonyl (C=O) groups excluding carboxylic acids is 1. The van der Waals surface area contributed by atoms with E-state index in [0.29, 0.717) is 35.5 Å². The Hall–Kier alpha value is -2.44. The summed E-state index contributed by atoms with van der Waals surface area (Å²) in [5.41, 5.74) is 1.60. The summed E-state index contributed by atoms with van der Waals surface area (Å²) in [6.07, 6.45) is 1.53. The van der Waals surface area contributed by atoms with Gasteiger partial charge in [0, 0.05) is 15.6 Å². The van der Waals surface area contributed by atoms with Crippen molar-refractivity contribution in [2.45, 2.75) is 39.8 Å². The normalized spacial score (nSPS) is 15.6. The molecule has 1 aliphatic heterocycles. The second kappa shape index (κ2) is 10.9. The molecular weight excluding hydrogens is 659 g/mol. The minimum Gasteiger partial charge on any atom is -0.506 e. The summed E-state index contributed by atoms with van der Waals surface area (Å²) in [5, 5.41) is 10.6. The molecule has 2 aromatic carbocycles. The Morgan fingerprint density at radius 2 is 2.06 bits per heavy atom. The Labute approximate surface area is 234 Å². The third kappa shape index (κ3) is 5.16. The van der Waals surface area contributed by atoms with Gasteiger partial charge in [-0.05, 0) is 74.6 Å². The monoisotopic (exact) mass is 682 g/mol. The maximum absolute atomic E-state index is 13.8. The molecule has 0 amide bonds. The number of phenols is 1. The number of nitrogens with zero attached hydrogens (tertiary/aromatic N) is 2. The lowest BCUT2D eigenvalue weighted by molar-refractivity contribution is -0.139. The van der Waals surface area contributed by atoms with Crippen molar-refractivity contribution < 1.29 is 19.4 Å². The summed E-state index contributed by atoms with van der Waals surface area (Å²) in [6.45, 7) is 7.50. The molecule has 0 unspecified atom stereocenters. The van der Waals surface area contributed by atoms with Crippen LogP contribution in [0.15, 0.2) is 61.9 Å². The van der Waals surface area contributed by atoms with Gasteiger partial charge in [0.1, 0.15) is 17.5 Å². The first-order valence-corrected chi connectivity index (χ1v) is 13.9. The van der Waals surface area contributed by atoms with Crippen molar-refractivity contribution in [2.24, 2.45) is 4.99 Å². The van der Waals surface area contributed by atoms with E-state index in [0.717, 1.165) is 4.47 Å².